The lowest BCUT2D eigenvalue weighted by Gasteiger charge is -2.40. The minimum absolute atomic E-state index is 0.0990. The minimum atomic E-state index is -0.542. The number of ether oxygens (including phenoxy) is 2. The maximum atomic E-state index is 13.2. The number of carbonyl (C=O) groups excluding carboxylic acids is 2. The van der Waals surface area contributed by atoms with E-state index >= 15 is 0 Å². The fourth-order valence-corrected chi connectivity index (χ4v) is 4.28. The first kappa shape index (κ1) is 28.9. The number of nitriles is 1. The van der Waals surface area contributed by atoms with Gasteiger partial charge in [0, 0.05) is 11.3 Å². The Morgan fingerprint density at radius 3 is 2.11 bits per heavy atom. The second kappa shape index (κ2) is 13.1. The largest absolute Gasteiger partial charge is 0.490 e. The molecule has 2 aromatic carbocycles. The molecule has 0 saturated carbocycles. The predicted octanol–water partition coefficient (Wildman–Crippen LogP) is 7.00. The molecule has 2 unspecified atom stereocenters. The number of amides is 1. The maximum absolute atomic E-state index is 13.2. The monoisotopic (exact) mass is 492 g/mol. The van der Waals surface area contributed by atoms with Crippen molar-refractivity contribution in [2.24, 2.45) is 16.7 Å². The summed E-state index contributed by atoms with van der Waals surface area (Å²) in [5, 5.41) is 11.7. The van der Waals surface area contributed by atoms with Crippen molar-refractivity contribution < 1.29 is 19.1 Å². The van der Waals surface area contributed by atoms with E-state index in [0.29, 0.717) is 22.6 Å². The van der Waals surface area contributed by atoms with Crippen molar-refractivity contribution in [2.45, 2.75) is 67.2 Å². The molecule has 2 rings (SSSR count). The van der Waals surface area contributed by atoms with Crippen molar-refractivity contribution in [1.82, 2.24) is 0 Å². The van der Waals surface area contributed by atoms with E-state index in [1.54, 1.807) is 48.5 Å². The molecule has 6 nitrogen and oxygen atoms in total. The van der Waals surface area contributed by atoms with E-state index in [1.807, 2.05) is 13.0 Å². The van der Waals surface area contributed by atoms with Gasteiger partial charge in [-0.05, 0) is 73.2 Å². The topological polar surface area (TPSA) is 88.4 Å². The van der Waals surface area contributed by atoms with Crippen LogP contribution in [0.1, 0.15) is 83.1 Å². The Morgan fingerprint density at radius 2 is 1.58 bits per heavy atom. The number of nitrogens with one attached hydrogen (secondary N) is 1. The second-order valence-corrected chi connectivity index (χ2v) is 10.1. The summed E-state index contributed by atoms with van der Waals surface area (Å²) < 4.78 is 11.4. The summed E-state index contributed by atoms with van der Waals surface area (Å²) in [6.45, 7) is 13.3. The third-order valence-electron chi connectivity index (χ3n) is 7.64. The predicted molar refractivity (Wildman–Crippen MR) is 143 cm³/mol. The van der Waals surface area contributed by atoms with Crippen LogP contribution in [0, 0.1) is 28.1 Å². The molecule has 0 aliphatic carbocycles. The number of nitrogens with zero attached hydrogens (tertiary/aromatic N) is 1. The molecule has 0 spiro atoms. The van der Waals surface area contributed by atoms with Crippen molar-refractivity contribution in [3.8, 4) is 11.8 Å². The number of anilines is 1. The summed E-state index contributed by atoms with van der Waals surface area (Å²) in [7, 11) is 0. The van der Waals surface area contributed by atoms with E-state index in [4.69, 9.17) is 14.7 Å². The van der Waals surface area contributed by atoms with Gasteiger partial charge >= 0.3 is 5.97 Å². The second-order valence-electron chi connectivity index (χ2n) is 10.1. The smallest absolute Gasteiger partial charge is 0.312 e. The SMILES string of the molecule is CCC(C)C(C)(CC(C)(CC)CC)C(=O)OCCOc1ccc(C(=O)Nc2ccc(C#N)cc2)cc1. The number of rotatable bonds is 13. The van der Waals surface area contributed by atoms with Gasteiger partial charge in [-0.3, -0.25) is 9.59 Å². The van der Waals surface area contributed by atoms with Gasteiger partial charge in [-0.2, -0.15) is 5.26 Å². The summed E-state index contributed by atoms with van der Waals surface area (Å²) in [5.41, 5.74) is 1.19. The van der Waals surface area contributed by atoms with Gasteiger partial charge in [-0.15, -0.1) is 0 Å². The highest BCUT2D eigenvalue weighted by atomic mass is 16.6. The molecule has 1 amide bonds. The molecule has 36 heavy (non-hydrogen) atoms. The Balaban J connectivity index is 1.89. The van der Waals surface area contributed by atoms with Crippen LogP contribution in [0.2, 0.25) is 0 Å². The molecule has 2 aromatic rings. The average molecular weight is 493 g/mol. The Labute approximate surface area is 216 Å². The van der Waals surface area contributed by atoms with Crippen LogP contribution in [0.3, 0.4) is 0 Å². The Hall–Kier alpha value is -3.33. The molecule has 0 radical (unpaired) electrons. The van der Waals surface area contributed by atoms with Crippen LogP contribution in [0.15, 0.2) is 48.5 Å². The number of benzene rings is 2. The normalized spacial score (nSPS) is 13.7. The average Bonchev–Trinajstić information content (AvgIpc) is 2.90. The van der Waals surface area contributed by atoms with Crippen LogP contribution in [-0.2, 0) is 9.53 Å². The minimum Gasteiger partial charge on any atom is -0.490 e. The molecule has 0 saturated heterocycles. The Morgan fingerprint density at radius 1 is 0.972 bits per heavy atom. The summed E-state index contributed by atoms with van der Waals surface area (Å²) in [6, 6.07) is 15.5. The maximum Gasteiger partial charge on any atom is 0.312 e. The quantitative estimate of drug-likeness (QED) is 0.240. The molecule has 2 atom stereocenters. The highest BCUT2D eigenvalue weighted by Crippen LogP contribution is 2.45. The summed E-state index contributed by atoms with van der Waals surface area (Å²) in [5.74, 6) is 0.389. The highest BCUT2D eigenvalue weighted by Gasteiger charge is 2.44. The van der Waals surface area contributed by atoms with Crippen LogP contribution in [0.25, 0.3) is 0 Å². The van der Waals surface area contributed by atoms with Gasteiger partial charge in [0.25, 0.3) is 5.91 Å². The molecule has 0 aliphatic heterocycles. The lowest BCUT2D eigenvalue weighted by molar-refractivity contribution is -0.161. The Bertz CT molecular complexity index is 1040. The van der Waals surface area contributed by atoms with E-state index in [-0.39, 0.29) is 36.4 Å². The van der Waals surface area contributed by atoms with E-state index in [1.165, 1.54) is 0 Å². The van der Waals surface area contributed by atoms with E-state index in [0.717, 1.165) is 25.7 Å². The molecule has 0 aliphatic rings. The van der Waals surface area contributed by atoms with Crippen molar-refractivity contribution >= 4 is 17.6 Å². The van der Waals surface area contributed by atoms with Crippen LogP contribution in [0.5, 0.6) is 5.75 Å². The third-order valence-corrected chi connectivity index (χ3v) is 7.64. The van der Waals surface area contributed by atoms with Gasteiger partial charge < -0.3 is 14.8 Å². The van der Waals surface area contributed by atoms with Gasteiger partial charge in [0.1, 0.15) is 19.0 Å². The molecule has 0 bridgehead atoms. The summed E-state index contributed by atoms with van der Waals surface area (Å²) in [4.78, 5) is 25.6. The van der Waals surface area contributed by atoms with Gasteiger partial charge in [-0.1, -0.05) is 53.9 Å². The first-order valence-corrected chi connectivity index (χ1v) is 12.8. The van der Waals surface area contributed by atoms with Crippen molar-refractivity contribution in [3.63, 3.8) is 0 Å². The van der Waals surface area contributed by atoms with Crippen molar-refractivity contribution in [3.05, 3.63) is 59.7 Å². The van der Waals surface area contributed by atoms with Gasteiger partial charge in [0.05, 0.1) is 17.0 Å². The zero-order valence-electron chi connectivity index (χ0n) is 22.5. The highest BCUT2D eigenvalue weighted by molar-refractivity contribution is 6.04. The zero-order valence-corrected chi connectivity index (χ0v) is 22.5. The first-order valence-electron chi connectivity index (χ1n) is 12.8. The van der Waals surface area contributed by atoms with E-state index in [2.05, 4.69) is 39.9 Å². The van der Waals surface area contributed by atoms with Gasteiger partial charge in [0.2, 0.25) is 0 Å². The van der Waals surface area contributed by atoms with Crippen LogP contribution in [0.4, 0.5) is 5.69 Å². The lowest BCUT2D eigenvalue weighted by atomic mass is 9.64. The van der Waals surface area contributed by atoms with Crippen LogP contribution < -0.4 is 10.1 Å². The molecule has 194 valence electrons. The molecular formula is C30H40N2O4. The summed E-state index contributed by atoms with van der Waals surface area (Å²) in [6.07, 6.45) is 3.76. The molecule has 1 N–H and O–H groups in total. The lowest BCUT2D eigenvalue weighted by Crippen LogP contribution is -2.41. The molecule has 6 heteroatoms. The number of hydrogen-bond donors (Lipinski definition) is 1. The van der Waals surface area contributed by atoms with Crippen LogP contribution in [-0.4, -0.2) is 25.1 Å². The number of carbonyl (C=O) groups is 2. The zero-order chi connectivity index (χ0) is 26.8. The molecule has 0 heterocycles. The first-order chi connectivity index (χ1) is 17.1. The van der Waals surface area contributed by atoms with Crippen molar-refractivity contribution in [2.75, 3.05) is 18.5 Å². The third kappa shape index (κ3) is 7.58. The van der Waals surface area contributed by atoms with Gasteiger partial charge in [0.15, 0.2) is 0 Å². The fraction of sp³-hybridized carbons (Fsp3) is 0.500. The fourth-order valence-electron chi connectivity index (χ4n) is 4.28. The van der Waals surface area contributed by atoms with Crippen molar-refractivity contribution in [1.29, 1.82) is 5.26 Å². The van der Waals surface area contributed by atoms with E-state index in [9.17, 15) is 9.59 Å². The molecular weight excluding hydrogens is 452 g/mol. The van der Waals surface area contributed by atoms with Crippen LogP contribution >= 0.6 is 0 Å². The Kier molecular flexibility index (Phi) is 10.5. The number of esters is 1. The number of hydrogen-bond acceptors (Lipinski definition) is 5. The molecule has 0 aromatic heterocycles. The van der Waals surface area contributed by atoms with Gasteiger partial charge in [-0.25, -0.2) is 0 Å². The standard InChI is InChI=1S/C30H40N2O4/c1-7-22(4)30(6,21-29(5,8-2)9-3)28(34)36-19-18-35-26-16-12-24(13-17-26)27(33)32-25-14-10-23(20-31)11-15-25/h10-17,22H,7-9,18-19,21H2,1-6H3,(H,32,33). The molecule has 0 fully saturated rings. The van der Waals surface area contributed by atoms with E-state index < -0.39 is 5.41 Å². The summed E-state index contributed by atoms with van der Waals surface area (Å²) >= 11 is 0.